The Hall–Kier alpha value is -2.71. The summed E-state index contributed by atoms with van der Waals surface area (Å²) in [6.07, 6.45) is 1.70. The summed E-state index contributed by atoms with van der Waals surface area (Å²) in [4.78, 5) is 12.4. The maximum absolute atomic E-state index is 12.4. The van der Waals surface area contributed by atoms with Crippen molar-refractivity contribution in [3.63, 3.8) is 0 Å². The van der Waals surface area contributed by atoms with Gasteiger partial charge in [0.1, 0.15) is 4.90 Å². The van der Waals surface area contributed by atoms with Crippen molar-refractivity contribution in [3.8, 4) is 0 Å². The molecule has 1 aliphatic rings. The number of benzene rings is 2. The maximum atomic E-state index is 12.4. The van der Waals surface area contributed by atoms with E-state index in [0.717, 1.165) is 5.56 Å². The van der Waals surface area contributed by atoms with Gasteiger partial charge in [-0.2, -0.15) is 13.5 Å². The number of sulfonamides is 1. The molecular formula is C21H23ClN4O3S. The molecule has 30 heavy (non-hydrogen) atoms. The average molecular weight is 447 g/mol. The zero-order chi connectivity index (χ0) is 21.9. The Balaban J connectivity index is 1.90. The summed E-state index contributed by atoms with van der Waals surface area (Å²) >= 11 is 5.92. The third-order valence-corrected chi connectivity index (χ3v) is 5.72. The number of halogens is 1. The van der Waals surface area contributed by atoms with Crippen LogP contribution in [0.25, 0.3) is 0 Å². The van der Waals surface area contributed by atoms with Gasteiger partial charge in [-0.25, -0.2) is 5.01 Å². The Kier molecular flexibility index (Phi) is 6.28. The first-order valence-electron chi connectivity index (χ1n) is 9.38. The maximum Gasteiger partial charge on any atom is 0.285 e. The van der Waals surface area contributed by atoms with E-state index in [1.807, 2.05) is 20.8 Å². The molecule has 0 unspecified atom stereocenters. The van der Waals surface area contributed by atoms with E-state index in [1.54, 1.807) is 48.7 Å². The van der Waals surface area contributed by atoms with Crippen molar-refractivity contribution in [1.82, 2.24) is 10.3 Å². The minimum absolute atomic E-state index is 0.121. The van der Waals surface area contributed by atoms with Crippen molar-refractivity contribution in [3.05, 3.63) is 64.7 Å². The summed E-state index contributed by atoms with van der Waals surface area (Å²) in [5.41, 5.74) is 0.871. The molecule has 1 heterocycles. The molecule has 2 aromatic carbocycles. The van der Waals surface area contributed by atoms with Gasteiger partial charge < -0.3 is 5.32 Å². The molecule has 0 saturated heterocycles. The van der Waals surface area contributed by atoms with E-state index in [0.29, 0.717) is 10.6 Å². The average Bonchev–Trinajstić information content (AvgIpc) is 2.93. The van der Waals surface area contributed by atoms with Crippen molar-refractivity contribution >= 4 is 39.6 Å². The number of nitrogens with zero attached hydrogens (tertiary/aromatic N) is 3. The van der Waals surface area contributed by atoms with Crippen LogP contribution in [0.3, 0.4) is 0 Å². The summed E-state index contributed by atoms with van der Waals surface area (Å²) in [6, 6.07) is 13.6. The molecule has 7 nitrogen and oxygen atoms in total. The first-order chi connectivity index (χ1) is 14.0. The Morgan fingerprint density at radius 3 is 2.50 bits per heavy atom. The van der Waals surface area contributed by atoms with Crippen molar-refractivity contribution < 1.29 is 13.2 Å². The molecular weight excluding hydrogens is 424 g/mol. The molecule has 2 aromatic rings. The number of hydrazone groups is 1. The van der Waals surface area contributed by atoms with Gasteiger partial charge in [0.05, 0.1) is 12.8 Å². The Bertz CT molecular complexity index is 1100. The van der Waals surface area contributed by atoms with Gasteiger partial charge in [-0.15, -0.1) is 4.40 Å². The first-order valence-corrected chi connectivity index (χ1v) is 11.2. The molecule has 0 spiro atoms. The molecule has 0 aromatic heterocycles. The summed E-state index contributed by atoms with van der Waals surface area (Å²) in [5.74, 6) is 0.0308. The summed E-state index contributed by atoms with van der Waals surface area (Å²) < 4.78 is 28.8. The van der Waals surface area contributed by atoms with Crippen LogP contribution in [0.2, 0.25) is 5.02 Å². The molecule has 0 atom stereocenters. The fraction of sp³-hybridized carbons (Fsp3) is 0.286. The van der Waals surface area contributed by atoms with Gasteiger partial charge in [0.15, 0.2) is 5.84 Å². The molecule has 158 valence electrons. The largest absolute Gasteiger partial charge is 0.351 e. The van der Waals surface area contributed by atoms with Crippen LogP contribution < -0.4 is 5.32 Å². The smallest absolute Gasteiger partial charge is 0.285 e. The van der Waals surface area contributed by atoms with Gasteiger partial charge >= 0.3 is 0 Å². The van der Waals surface area contributed by atoms with Crippen molar-refractivity contribution in [2.45, 2.75) is 37.6 Å². The van der Waals surface area contributed by atoms with Crippen molar-refractivity contribution in [1.29, 1.82) is 0 Å². The van der Waals surface area contributed by atoms with Crippen LogP contribution in [0.15, 0.2) is 62.9 Å². The highest BCUT2D eigenvalue weighted by atomic mass is 35.5. The lowest BCUT2D eigenvalue weighted by atomic mass is 10.1. The number of rotatable bonds is 5. The predicted molar refractivity (Wildman–Crippen MR) is 118 cm³/mol. The van der Waals surface area contributed by atoms with Crippen LogP contribution in [0.5, 0.6) is 0 Å². The zero-order valence-corrected chi connectivity index (χ0v) is 18.5. The standard InChI is InChI=1S/C21H23ClN4O3S/c1-21(2,3)24-19(27)12-13-26(23-14-15-8-10-16(22)11-9-15)20-17-6-4-5-7-18(17)30(28,29)25-20/h4-11,14H,12-13H2,1-3H3,(H,24,27)/b23-14+. The monoisotopic (exact) mass is 446 g/mol. The van der Waals surface area contributed by atoms with E-state index in [1.165, 1.54) is 11.1 Å². The Morgan fingerprint density at radius 1 is 1.17 bits per heavy atom. The van der Waals surface area contributed by atoms with Crippen LogP contribution in [0.4, 0.5) is 0 Å². The van der Waals surface area contributed by atoms with E-state index >= 15 is 0 Å². The second-order valence-corrected chi connectivity index (χ2v) is 9.86. The topological polar surface area (TPSA) is 91.2 Å². The summed E-state index contributed by atoms with van der Waals surface area (Å²) in [5, 5.41) is 9.36. The first kappa shape index (κ1) is 22.0. The molecule has 0 radical (unpaired) electrons. The molecule has 0 bridgehead atoms. The highest BCUT2D eigenvalue weighted by molar-refractivity contribution is 7.90. The lowest BCUT2D eigenvalue weighted by Crippen LogP contribution is -2.42. The lowest BCUT2D eigenvalue weighted by Gasteiger charge is -2.22. The second-order valence-electron chi connectivity index (χ2n) is 7.85. The fourth-order valence-electron chi connectivity index (χ4n) is 2.87. The fourth-order valence-corrected chi connectivity index (χ4v) is 4.20. The van der Waals surface area contributed by atoms with Crippen LogP contribution in [0, 0.1) is 0 Å². The van der Waals surface area contributed by atoms with E-state index in [2.05, 4.69) is 14.8 Å². The summed E-state index contributed by atoms with van der Waals surface area (Å²) in [7, 11) is -3.80. The van der Waals surface area contributed by atoms with Crippen LogP contribution in [-0.2, 0) is 14.8 Å². The lowest BCUT2D eigenvalue weighted by molar-refractivity contribution is -0.122. The van der Waals surface area contributed by atoms with Gasteiger partial charge in [-0.1, -0.05) is 35.9 Å². The third kappa shape index (κ3) is 5.46. The number of fused-ring (bicyclic) bond motifs is 1. The molecule has 1 amide bonds. The molecule has 1 N–H and O–H groups in total. The van der Waals surface area contributed by atoms with E-state index in [9.17, 15) is 13.2 Å². The van der Waals surface area contributed by atoms with Gasteiger partial charge in [0, 0.05) is 22.5 Å². The normalized spacial score (nSPS) is 15.0. The molecule has 1 aliphatic heterocycles. The molecule has 0 fully saturated rings. The third-order valence-electron chi connectivity index (χ3n) is 4.14. The molecule has 0 aliphatic carbocycles. The van der Waals surface area contributed by atoms with E-state index in [4.69, 9.17) is 11.6 Å². The van der Waals surface area contributed by atoms with Crippen molar-refractivity contribution in [2.24, 2.45) is 9.50 Å². The number of amides is 1. The number of carbonyl (C=O) groups is 1. The highest BCUT2D eigenvalue weighted by Gasteiger charge is 2.32. The Morgan fingerprint density at radius 2 is 1.83 bits per heavy atom. The number of hydrogen-bond donors (Lipinski definition) is 1. The van der Waals surface area contributed by atoms with Gasteiger partial charge in [0.2, 0.25) is 5.91 Å². The molecule has 3 rings (SSSR count). The van der Waals surface area contributed by atoms with Crippen LogP contribution >= 0.6 is 11.6 Å². The minimum Gasteiger partial charge on any atom is -0.351 e. The zero-order valence-electron chi connectivity index (χ0n) is 17.0. The second kappa shape index (κ2) is 8.57. The van der Waals surface area contributed by atoms with Gasteiger partial charge in [-0.05, 0) is 50.6 Å². The van der Waals surface area contributed by atoms with E-state index in [-0.39, 0.29) is 35.1 Å². The minimum atomic E-state index is -3.80. The molecule has 9 heteroatoms. The molecule has 0 saturated carbocycles. The Labute approximate surface area is 181 Å². The number of nitrogens with one attached hydrogen (secondary N) is 1. The highest BCUT2D eigenvalue weighted by Crippen LogP contribution is 2.27. The van der Waals surface area contributed by atoms with E-state index < -0.39 is 10.0 Å². The van der Waals surface area contributed by atoms with Gasteiger partial charge in [0.25, 0.3) is 10.0 Å². The summed E-state index contributed by atoms with van der Waals surface area (Å²) in [6.45, 7) is 5.84. The number of carbonyl (C=O) groups excluding carboxylic acids is 1. The number of hydrogen-bond acceptors (Lipinski definition) is 5. The number of amidine groups is 1. The van der Waals surface area contributed by atoms with Crippen LogP contribution in [-0.4, -0.2) is 43.5 Å². The quantitative estimate of drug-likeness (QED) is 0.562. The SMILES string of the molecule is CC(C)(C)NC(=O)CCN(/N=C/c1ccc(Cl)cc1)C1=NS(=O)(=O)c2ccccc21. The predicted octanol–water partition coefficient (Wildman–Crippen LogP) is 3.43. The van der Waals surface area contributed by atoms with Crippen LogP contribution in [0.1, 0.15) is 38.3 Å². The van der Waals surface area contributed by atoms with Gasteiger partial charge in [-0.3, -0.25) is 4.79 Å². The van der Waals surface area contributed by atoms with Crippen molar-refractivity contribution in [2.75, 3.05) is 6.54 Å².